The summed E-state index contributed by atoms with van der Waals surface area (Å²) in [4.78, 5) is 10.5. The van der Waals surface area contributed by atoms with Gasteiger partial charge in [-0.3, -0.25) is 10.1 Å². The van der Waals surface area contributed by atoms with Crippen LogP contribution in [0.2, 0.25) is 0 Å². The standard InChI is InChI=1S/C13H14N2O3/c1-10-12(3-2-4-13(10)15(17)18)8-14-6-5-11(7-14)9-16/h2-7,16H,8-9H2,1H3. The number of hydrogen-bond donors (Lipinski definition) is 1. The monoisotopic (exact) mass is 246 g/mol. The lowest BCUT2D eigenvalue weighted by atomic mass is 10.1. The highest BCUT2D eigenvalue weighted by Crippen LogP contribution is 2.22. The molecule has 0 aliphatic heterocycles. The minimum absolute atomic E-state index is 0.000912. The second kappa shape index (κ2) is 5.01. The molecule has 1 N–H and O–H groups in total. The van der Waals surface area contributed by atoms with E-state index in [0.29, 0.717) is 12.1 Å². The van der Waals surface area contributed by atoms with Crippen LogP contribution in [-0.4, -0.2) is 14.6 Å². The van der Waals surface area contributed by atoms with Crippen molar-refractivity contribution in [2.24, 2.45) is 0 Å². The first-order valence-electron chi connectivity index (χ1n) is 5.60. The molecule has 94 valence electrons. The molecule has 0 saturated heterocycles. The largest absolute Gasteiger partial charge is 0.392 e. The fourth-order valence-electron chi connectivity index (χ4n) is 1.92. The maximum absolute atomic E-state index is 10.8. The molecule has 1 heterocycles. The van der Waals surface area contributed by atoms with Crippen molar-refractivity contribution in [3.63, 3.8) is 0 Å². The number of nitro benzene ring substituents is 1. The molecular formula is C13H14N2O3. The Morgan fingerprint density at radius 1 is 1.39 bits per heavy atom. The number of hydrogen-bond acceptors (Lipinski definition) is 3. The van der Waals surface area contributed by atoms with Crippen molar-refractivity contribution in [1.29, 1.82) is 0 Å². The summed E-state index contributed by atoms with van der Waals surface area (Å²) in [5.74, 6) is 0. The number of nitro groups is 1. The molecule has 2 aromatic rings. The summed E-state index contributed by atoms with van der Waals surface area (Å²) in [7, 11) is 0. The molecule has 18 heavy (non-hydrogen) atoms. The van der Waals surface area contributed by atoms with Gasteiger partial charge in [0.1, 0.15) is 0 Å². The van der Waals surface area contributed by atoms with E-state index < -0.39 is 0 Å². The summed E-state index contributed by atoms with van der Waals surface area (Å²) >= 11 is 0. The van der Waals surface area contributed by atoms with Gasteiger partial charge in [-0.1, -0.05) is 12.1 Å². The molecule has 1 aromatic carbocycles. The maximum Gasteiger partial charge on any atom is 0.272 e. The van der Waals surface area contributed by atoms with Crippen LogP contribution in [0.3, 0.4) is 0 Å². The SMILES string of the molecule is Cc1c(Cn2ccc(CO)c2)cccc1[N+](=O)[O-]. The van der Waals surface area contributed by atoms with Crippen LogP contribution in [0.5, 0.6) is 0 Å². The average molecular weight is 246 g/mol. The van der Waals surface area contributed by atoms with E-state index in [1.54, 1.807) is 13.0 Å². The third-order valence-corrected chi connectivity index (χ3v) is 2.96. The van der Waals surface area contributed by atoms with Crippen LogP contribution in [0.4, 0.5) is 5.69 Å². The average Bonchev–Trinajstić information content (AvgIpc) is 2.79. The number of aliphatic hydroxyl groups excluding tert-OH is 1. The van der Waals surface area contributed by atoms with Crippen LogP contribution < -0.4 is 0 Å². The van der Waals surface area contributed by atoms with Crippen molar-refractivity contribution in [3.8, 4) is 0 Å². The molecule has 0 saturated carbocycles. The molecule has 0 bridgehead atoms. The number of aromatic nitrogens is 1. The molecule has 1 aromatic heterocycles. The summed E-state index contributed by atoms with van der Waals surface area (Å²) in [6.45, 7) is 2.32. The number of benzene rings is 1. The zero-order valence-electron chi connectivity index (χ0n) is 10.0. The highest BCUT2D eigenvalue weighted by molar-refractivity contribution is 5.44. The van der Waals surface area contributed by atoms with Gasteiger partial charge in [0.15, 0.2) is 0 Å². The van der Waals surface area contributed by atoms with Crippen molar-refractivity contribution in [1.82, 2.24) is 4.57 Å². The molecule has 0 amide bonds. The van der Waals surface area contributed by atoms with Crippen LogP contribution in [0.1, 0.15) is 16.7 Å². The number of rotatable bonds is 4. The van der Waals surface area contributed by atoms with E-state index in [2.05, 4.69) is 0 Å². The molecule has 0 aliphatic rings. The third-order valence-electron chi connectivity index (χ3n) is 2.96. The minimum atomic E-state index is -0.367. The topological polar surface area (TPSA) is 68.3 Å². The quantitative estimate of drug-likeness (QED) is 0.664. The van der Waals surface area contributed by atoms with Gasteiger partial charge >= 0.3 is 0 Å². The Kier molecular flexibility index (Phi) is 3.43. The fourth-order valence-corrected chi connectivity index (χ4v) is 1.92. The van der Waals surface area contributed by atoms with Gasteiger partial charge in [-0.25, -0.2) is 0 Å². The molecular weight excluding hydrogens is 232 g/mol. The molecule has 5 nitrogen and oxygen atoms in total. The zero-order valence-corrected chi connectivity index (χ0v) is 10.0. The van der Waals surface area contributed by atoms with Gasteiger partial charge in [0, 0.05) is 30.6 Å². The van der Waals surface area contributed by atoms with E-state index in [1.165, 1.54) is 6.07 Å². The van der Waals surface area contributed by atoms with Gasteiger partial charge in [0.05, 0.1) is 11.5 Å². The summed E-state index contributed by atoms with van der Waals surface area (Å²) in [6, 6.07) is 6.90. The van der Waals surface area contributed by atoms with Crippen molar-refractivity contribution in [2.45, 2.75) is 20.1 Å². The Bertz CT molecular complexity index is 575. The van der Waals surface area contributed by atoms with Crippen LogP contribution >= 0.6 is 0 Å². The molecule has 2 rings (SSSR count). The lowest BCUT2D eigenvalue weighted by Crippen LogP contribution is -2.01. The first kappa shape index (κ1) is 12.3. The molecule has 0 aliphatic carbocycles. The summed E-state index contributed by atoms with van der Waals surface area (Å²) in [5, 5.41) is 19.8. The van der Waals surface area contributed by atoms with E-state index >= 15 is 0 Å². The molecule has 0 radical (unpaired) electrons. The van der Waals surface area contributed by atoms with Crippen molar-refractivity contribution < 1.29 is 10.0 Å². The van der Waals surface area contributed by atoms with Gasteiger partial charge in [-0.15, -0.1) is 0 Å². The lowest BCUT2D eigenvalue weighted by molar-refractivity contribution is -0.385. The smallest absolute Gasteiger partial charge is 0.272 e. The van der Waals surface area contributed by atoms with Crippen LogP contribution in [0.25, 0.3) is 0 Å². The van der Waals surface area contributed by atoms with Gasteiger partial charge in [0.25, 0.3) is 5.69 Å². The van der Waals surface area contributed by atoms with Gasteiger partial charge in [0.2, 0.25) is 0 Å². The van der Waals surface area contributed by atoms with Gasteiger partial charge in [-0.05, 0) is 24.1 Å². The lowest BCUT2D eigenvalue weighted by Gasteiger charge is -2.07. The minimum Gasteiger partial charge on any atom is -0.392 e. The molecule has 0 spiro atoms. The first-order valence-corrected chi connectivity index (χ1v) is 5.60. The zero-order chi connectivity index (χ0) is 13.1. The Hall–Kier alpha value is -2.14. The fraction of sp³-hybridized carbons (Fsp3) is 0.231. The molecule has 0 atom stereocenters. The van der Waals surface area contributed by atoms with E-state index in [9.17, 15) is 10.1 Å². The summed E-state index contributed by atoms with van der Waals surface area (Å²) in [5.41, 5.74) is 2.56. The number of nitrogens with zero attached hydrogens (tertiary/aromatic N) is 2. The molecule has 0 fully saturated rings. The van der Waals surface area contributed by atoms with E-state index in [0.717, 1.165) is 11.1 Å². The highest BCUT2D eigenvalue weighted by Gasteiger charge is 2.13. The van der Waals surface area contributed by atoms with Crippen molar-refractivity contribution in [3.05, 3.63) is 63.5 Å². The van der Waals surface area contributed by atoms with Crippen LogP contribution in [0.15, 0.2) is 36.7 Å². The maximum atomic E-state index is 10.8. The summed E-state index contributed by atoms with van der Waals surface area (Å²) < 4.78 is 1.90. The Morgan fingerprint density at radius 3 is 2.78 bits per heavy atom. The van der Waals surface area contributed by atoms with Gasteiger partial charge < -0.3 is 9.67 Å². The molecule has 0 unspecified atom stereocenters. The van der Waals surface area contributed by atoms with Crippen molar-refractivity contribution >= 4 is 5.69 Å². The predicted molar refractivity (Wildman–Crippen MR) is 67.3 cm³/mol. The summed E-state index contributed by atoms with van der Waals surface area (Å²) in [6.07, 6.45) is 3.68. The Morgan fingerprint density at radius 2 is 2.17 bits per heavy atom. The second-order valence-corrected chi connectivity index (χ2v) is 4.17. The van der Waals surface area contributed by atoms with Gasteiger partial charge in [-0.2, -0.15) is 0 Å². The second-order valence-electron chi connectivity index (χ2n) is 4.17. The Balaban J connectivity index is 2.29. The Labute approximate surface area is 104 Å². The van der Waals surface area contributed by atoms with Crippen LogP contribution in [0, 0.1) is 17.0 Å². The normalized spacial score (nSPS) is 10.6. The van der Waals surface area contributed by atoms with Crippen LogP contribution in [-0.2, 0) is 13.2 Å². The number of aliphatic hydroxyl groups is 1. The van der Waals surface area contributed by atoms with Crippen molar-refractivity contribution in [2.75, 3.05) is 0 Å². The van der Waals surface area contributed by atoms with E-state index in [-0.39, 0.29) is 17.2 Å². The first-order chi connectivity index (χ1) is 8.61. The predicted octanol–water partition coefficient (Wildman–Crippen LogP) is 2.25. The van der Waals surface area contributed by atoms with E-state index in [4.69, 9.17) is 5.11 Å². The highest BCUT2D eigenvalue weighted by atomic mass is 16.6. The molecule has 5 heteroatoms. The third kappa shape index (κ3) is 2.41. The van der Waals surface area contributed by atoms with E-state index in [1.807, 2.05) is 29.1 Å².